The molecule has 0 radical (unpaired) electrons. The lowest BCUT2D eigenvalue weighted by Gasteiger charge is -2.12. The van der Waals surface area contributed by atoms with Crippen molar-refractivity contribution in [1.29, 1.82) is 0 Å². The summed E-state index contributed by atoms with van der Waals surface area (Å²) in [6.45, 7) is 3.76. The van der Waals surface area contributed by atoms with Crippen molar-refractivity contribution in [3.05, 3.63) is 72.3 Å². The monoisotopic (exact) mass is 328 g/mol. The highest BCUT2D eigenvalue weighted by atomic mass is 16.5. The van der Waals surface area contributed by atoms with Crippen LogP contribution in [-0.2, 0) is 11.3 Å². The number of hydrogen-bond donors (Lipinski definition) is 0. The topological polar surface area (TPSA) is 9.23 Å². The van der Waals surface area contributed by atoms with E-state index in [1.54, 1.807) is 0 Å². The van der Waals surface area contributed by atoms with Gasteiger partial charge < -0.3 is 4.74 Å². The molecule has 0 aliphatic rings. The molecule has 0 atom stereocenters. The third-order valence-corrected chi connectivity index (χ3v) is 4.96. The Hall–Kier alpha value is -2.38. The highest BCUT2D eigenvalue weighted by Crippen LogP contribution is 2.32. The Morgan fingerprint density at radius 2 is 1.48 bits per heavy atom. The smallest absolute Gasteiger partial charge is 0.0723 e. The van der Waals surface area contributed by atoms with Crippen LogP contribution < -0.4 is 0 Å². The number of ether oxygens (including phenoxy) is 1. The van der Waals surface area contributed by atoms with E-state index in [1.807, 2.05) is 0 Å². The summed E-state index contributed by atoms with van der Waals surface area (Å²) in [6, 6.07) is 24.2. The minimum atomic E-state index is 0.687. The van der Waals surface area contributed by atoms with Gasteiger partial charge in [0, 0.05) is 6.61 Å². The summed E-state index contributed by atoms with van der Waals surface area (Å²) in [7, 11) is 0. The first-order chi connectivity index (χ1) is 12.4. The Balaban J connectivity index is 1.79. The van der Waals surface area contributed by atoms with E-state index < -0.39 is 0 Å². The molecule has 0 bridgehead atoms. The van der Waals surface area contributed by atoms with E-state index in [1.165, 1.54) is 50.7 Å². The van der Waals surface area contributed by atoms with E-state index >= 15 is 0 Å². The lowest BCUT2D eigenvalue weighted by molar-refractivity contribution is 0.118. The standard InChI is InChI=1S/C24H24O/c1-2-3-6-14-25-17-22-11-7-10-18-12-13-21-15-19-8-4-5-9-20(19)16-23(21)24(18)22/h4-5,7-13,15-16H,2-3,6,14,17H2,1H3. The first kappa shape index (κ1) is 16.1. The second-order valence-corrected chi connectivity index (χ2v) is 6.76. The van der Waals surface area contributed by atoms with Gasteiger partial charge in [-0.15, -0.1) is 0 Å². The number of unbranched alkanes of at least 4 members (excludes halogenated alkanes) is 2. The highest BCUT2D eigenvalue weighted by molar-refractivity contribution is 6.13. The fourth-order valence-electron chi connectivity index (χ4n) is 3.64. The van der Waals surface area contributed by atoms with E-state index in [0.29, 0.717) is 6.61 Å². The van der Waals surface area contributed by atoms with Gasteiger partial charge in [-0.2, -0.15) is 0 Å². The molecule has 4 aromatic carbocycles. The summed E-state index contributed by atoms with van der Waals surface area (Å²) in [5, 5.41) is 7.83. The lowest BCUT2D eigenvalue weighted by atomic mass is 9.95. The fourth-order valence-corrected chi connectivity index (χ4v) is 3.64. The largest absolute Gasteiger partial charge is 0.377 e. The van der Waals surface area contributed by atoms with Crippen LogP contribution in [0.5, 0.6) is 0 Å². The van der Waals surface area contributed by atoms with Crippen molar-refractivity contribution in [3.8, 4) is 0 Å². The van der Waals surface area contributed by atoms with Gasteiger partial charge in [-0.3, -0.25) is 0 Å². The van der Waals surface area contributed by atoms with E-state index in [2.05, 4.69) is 73.7 Å². The molecule has 4 rings (SSSR count). The van der Waals surface area contributed by atoms with Crippen molar-refractivity contribution in [1.82, 2.24) is 0 Å². The predicted molar refractivity (Wildman–Crippen MR) is 108 cm³/mol. The van der Waals surface area contributed by atoms with Crippen molar-refractivity contribution in [2.45, 2.75) is 32.8 Å². The average Bonchev–Trinajstić information content (AvgIpc) is 2.66. The number of rotatable bonds is 6. The Labute approximate surface area is 149 Å². The van der Waals surface area contributed by atoms with Gasteiger partial charge in [0.25, 0.3) is 0 Å². The Morgan fingerprint density at radius 1 is 0.720 bits per heavy atom. The zero-order valence-corrected chi connectivity index (χ0v) is 14.8. The van der Waals surface area contributed by atoms with Crippen molar-refractivity contribution in [2.24, 2.45) is 0 Å². The molecule has 1 nitrogen and oxygen atoms in total. The van der Waals surface area contributed by atoms with Gasteiger partial charge >= 0.3 is 0 Å². The maximum absolute atomic E-state index is 5.97. The molecule has 0 spiro atoms. The first-order valence-electron chi connectivity index (χ1n) is 9.27. The molecule has 0 amide bonds. The third kappa shape index (κ3) is 3.25. The molecular weight excluding hydrogens is 304 g/mol. The van der Waals surface area contributed by atoms with Crippen LogP contribution in [0.3, 0.4) is 0 Å². The molecule has 0 fully saturated rings. The summed E-state index contributed by atoms with van der Waals surface area (Å²) in [4.78, 5) is 0. The van der Waals surface area contributed by atoms with Crippen LogP contribution in [0, 0.1) is 0 Å². The molecule has 0 aromatic heterocycles. The predicted octanol–water partition coefficient (Wildman–Crippen LogP) is 6.85. The second kappa shape index (κ2) is 7.25. The van der Waals surface area contributed by atoms with Crippen molar-refractivity contribution < 1.29 is 4.74 Å². The molecular formula is C24H24O. The number of fused-ring (bicyclic) bond motifs is 4. The molecule has 0 unspecified atom stereocenters. The van der Waals surface area contributed by atoms with Crippen LogP contribution in [0.15, 0.2) is 66.7 Å². The summed E-state index contributed by atoms with van der Waals surface area (Å²) in [5.41, 5.74) is 1.29. The van der Waals surface area contributed by atoms with Crippen molar-refractivity contribution >= 4 is 32.3 Å². The fraction of sp³-hybridized carbons (Fsp3) is 0.250. The van der Waals surface area contributed by atoms with Gasteiger partial charge in [0.15, 0.2) is 0 Å². The molecule has 4 aromatic rings. The van der Waals surface area contributed by atoms with Crippen LogP contribution in [0.2, 0.25) is 0 Å². The maximum Gasteiger partial charge on any atom is 0.0723 e. The Morgan fingerprint density at radius 3 is 2.32 bits per heavy atom. The molecule has 0 aliphatic carbocycles. The van der Waals surface area contributed by atoms with Crippen molar-refractivity contribution in [3.63, 3.8) is 0 Å². The molecule has 1 heteroatoms. The number of hydrogen-bond acceptors (Lipinski definition) is 1. The van der Waals surface area contributed by atoms with Crippen molar-refractivity contribution in [2.75, 3.05) is 6.61 Å². The highest BCUT2D eigenvalue weighted by Gasteiger charge is 2.07. The van der Waals surface area contributed by atoms with E-state index in [-0.39, 0.29) is 0 Å². The third-order valence-electron chi connectivity index (χ3n) is 4.96. The van der Waals surface area contributed by atoms with Gasteiger partial charge in [-0.1, -0.05) is 74.4 Å². The summed E-state index contributed by atoms with van der Waals surface area (Å²) >= 11 is 0. The average molecular weight is 328 g/mol. The van der Waals surface area contributed by atoms with Gasteiger partial charge in [0.2, 0.25) is 0 Å². The molecule has 126 valence electrons. The zero-order chi connectivity index (χ0) is 17.1. The quantitative estimate of drug-likeness (QED) is 0.213. The minimum Gasteiger partial charge on any atom is -0.377 e. The molecule has 0 saturated heterocycles. The second-order valence-electron chi connectivity index (χ2n) is 6.76. The lowest BCUT2D eigenvalue weighted by Crippen LogP contribution is -1.96. The van der Waals surface area contributed by atoms with Crippen LogP contribution >= 0.6 is 0 Å². The van der Waals surface area contributed by atoms with Gasteiger partial charge in [-0.05, 0) is 56.4 Å². The normalized spacial score (nSPS) is 11.6. The Kier molecular flexibility index (Phi) is 4.67. The van der Waals surface area contributed by atoms with Gasteiger partial charge in [0.1, 0.15) is 0 Å². The van der Waals surface area contributed by atoms with E-state index in [4.69, 9.17) is 4.74 Å². The molecule has 0 aliphatic heterocycles. The minimum absolute atomic E-state index is 0.687. The van der Waals surface area contributed by atoms with Crippen LogP contribution in [0.4, 0.5) is 0 Å². The zero-order valence-electron chi connectivity index (χ0n) is 14.8. The van der Waals surface area contributed by atoms with Gasteiger partial charge in [0.05, 0.1) is 6.61 Å². The molecule has 0 saturated carbocycles. The van der Waals surface area contributed by atoms with Gasteiger partial charge in [-0.25, -0.2) is 0 Å². The SMILES string of the molecule is CCCCCOCc1cccc2ccc3cc4ccccc4cc3c12. The maximum atomic E-state index is 5.97. The van der Waals surface area contributed by atoms with E-state index in [0.717, 1.165) is 13.0 Å². The Bertz CT molecular complexity index is 1020. The van der Waals surface area contributed by atoms with Crippen LogP contribution in [0.25, 0.3) is 32.3 Å². The van der Waals surface area contributed by atoms with Crippen LogP contribution in [-0.4, -0.2) is 6.61 Å². The first-order valence-corrected chi connectivity index (χ1v) is 9.27. The number of benzene rings is 4. The summed E-state index contributed by atoms with van der Waals surface area (Å²) < 4.78 is 5.97. The van der Waals surface area contributed by atoms with E-state index in [9.17, 15) is 0 Å². The summed E-state index contributed by atoms with van der Waals surface area (Å²) in [6.07, 6.45) is 3.62. The molecule has 0 heterocycles. The molecule has 25 heavy (non-hydrogen) atoms. The van der Waals surface area contributed by atoms with Crippen LogP contribution in [0.1, 0.15) is 31.7 Å². The summed E-state index contributed by atoms with van der Waals surface area (Å²) in [5.74, 6) is 0. The molecule has 0 N–H and O–H groups in total.